The summed E-state index contributed by atoms with van der Waals surface area (Å²) in [5.74, 6) is -0.996. The quantitative estimate of drug-likeness (QED) is 0.846. The summed E-state index contributed by atoms with van der Waals surface area (Å²) in [6.45, 7) is 4.07. The molecule has 0 heterocycles. The van der Waals surface area contributed by atoms with Gasteiger partial charge in [0, 0.05) is 10.6 Å². The van der Waals surface area contributed by atoms with E-state index < -0.39 is 5.97 Å². The Kier molecular flexibility index (Phi) is 4.45. The van der Waals surface area contributed by atoms with Crippen LogP contribution in [0.5, 0.6) is 0 Å². The summed E-state index contributed by atoms with van der Waals surface area (Å²) in [6, 6.07) is 9.96. The summed E-state index contributed by atoms with van der Waals surface area (Å²) in [6.07, 6.45) is 0. The predicted octanol–water partition coefficient (Wildman–Crippen LogP) is 4.43. The number of thioether (sulfide) groups is 1. The number of rotatable bonds is 4. The van der Waals surface area contributed by atoms with Crippen LogP contribution >= 0.6 is 11.8 Å². The number of halogens is 1. The lowest BCUT2D eigenvalue weighted by Crippen LogP contribution is -1.99. The summed E-state index contributed by atoms with van der Waals surface area (Å²) in [7, 11) is 0. The maximum Gasteiger partial charge on any atom is 0.335 e. The van der Waals surface area contributed by atoms with E-state index in [1.807, 2.05) is 26.0 Å². The van der Waals surface area contributed by atoms with E-state index in [1.165, 1.54) is 41.1 Å². The van der Waals surface area contributed by atoms with Crippen molar-refractivity contribution in [3.05, 3.63) is 64.5 Å². The number of hydrogen-bond acceptors (Lipinski definition) is 2. The maximum atomic E-state index is 13.7. The summed E-state index contributed by atoms with van der Waals surface area (Å²) in [4.78, 5) is 11.9. The number of carboxylic acid groups (broad SMARTS) is 1. The van der Waals surface area contributed by atoms with E-state index in [9.17, 15) is 9.18 Å². The topological polar surface area (TPSA) is 37.3 Å². The normalized spacial score (nSPS) is 10.6. The average molecular weight is 290 g/mol. The van der Waals surface area contributed by atoms with Gasteiger partial charge in [0.15, 0.2) is 0 Å². The molecule has 0 aliphatic rings. The van der Waals surface area contributed by atoms with Gasteiger partial charge in [0.25, 0.3) is 0 Å². The first-order valence-electron chi connectivity index (χ1n) is 6.19. The first-order chi connectivity index (χ1) is 9.47. The summed E-state index contributed by atoms with van der Waals surface area (Å²) < 4.78 is 13.7. The van der Waals surface area contributed by atoms with Crippen molar-refractivity contribution < 1.29 is 14.3 Å². The molecule has 0 atom stereocenters. The SMILES string of the molecule is Cc1ccc(SCc2cc(C(=O)O)ccc2F)cc1C. The van der Waals surface area contributed by atoms with Gasteiger partial charge in [-0.05, 0) is 60.9 Å². The lowest BCUT2D eigenvalue weighted by molar-refractivity contribution is 0.0696. The third kappa shape index (κ3) is 3.39. The van der Waals surface area contributed by atoms with Crippen molar-refractivity contribution in [3.63, 3.8) is 0 Å². The van der Waals surface area contributed by atoms with Crippen molar-refractivity contribution in [2.45, 2.75) is 24.5 Å². The Labute approximate surface area is 121 Å². The molecule has 2 aromatic carbocycles. The Morgan fingerprint density at radius 2 is 1.90 bits per heavy atom. The van der Waals surface area contributed by atoms with E-state index in [2.05, 4.69) is 6.07 Å². The van der Waals surface area contributed by atoms with Gasteiger partial charge >= 0.3 is 5.97 Å². The first-order valence-corrected chi connectivity index (χ1v) is 7.17. The molecule has 0 aliphatic heterocycles. The number of benzene rings is 2. The van der Waals surface area contributed by atoms with Crippen LogP contribution in [0.1, 0.15) is 27.0 Å². The molecular weight excluding hydrogens is 275 g/mol. The van der Waals surface area contributed by atoms with Gasteiger partial charge in [0.05, 0.1) is 5.56 Å². The summed E-state index contributed by atoms with van der Waals surface area (Å²) in [5, 5.41) is 8.92. The van der Waals surface area contributed by atoms with E-state index in [4.69, 9.17) is 5.11 Å². The van der Waals surface area contributed by atoms with Crippen molar-refractivity contribution in [3.8, 4) is 0 Å². The lowest BCUT2D eigenvalue weighted by atomic mass is 10.1. The van der Waals surface area contributed by atoms with Crippen LogP contribution in [0.3, 0.4) is 0 Å². The number of aryl methyl sites for hydroxylation is 2. The molecule has 0 radical (unpaired) electrons. The molecule has 0 aromatic heterocycles. The Balaban J connectivity index is 2.15. The van der Waals surface area contributed by atoms with E-state index in [0.717, 1.165) is 4.90 Å². The third-order valence-electron chi connectivity index (χ3n) is 3.17. The summed E-state index contributed by atoms with van der Waals surface area (Å²) >= 11 is 1.50. The van der Waals surface area contributed by atoms with Crippen molar-refractivity contribution in [2.75, 3.05) is 0 Å². The van der Waals surface area contributed by atoms with Gasteiger partial charge in [-0.3, -0.25) is 0 Å². The molecule has 0 saturated carbocycles. The van der Waals surface area contributed by atoms with Gasteiger partial charge < -0.3 is 5.11 Å². The molecule has 2 aromatic rings. The van der Waals surface area contributed by atoms with Gasteiger partial charge in [0.2, 0.25) is 0 Å². The molecule has 4 heteroatoms. The Bertz CT molecular complexity index is 653. The van der Waals surface area contributed by atoms with E-state index >= 15 is 0 Å². The molecule has 0 spiro atoms. The van der Waals surface area contributed by atoms with Gasteiger partial charge in [-0.15, -0.1) is 11.8 Å². The number of carbonyl (C=O) groups is 1. The van der Waals surface area contributed by atoms with Gasteiger partial charge in [0.1, 0.15) is 5.82 Å². The molecule has 0 unspecified atom stereocenters. The molecule has 2 nitrogen and oxygen atoms in total. The molecule has 0 saturated heterocycles. The molecular formula is C16H15FO2S. The number of carboxylic acids is 1. The van der Waals surface area contributed by atoms with Gasteiger partial charge in [-0.2, -0.15) is 0 Å². The van der Waals surface area contributed by atoms with Crippen LogP contribution in [-0.2, 0) is 5.75 Å². The van der Waals surface area contributed by atoms with Crippen molar-refractivity contribution in [1.29, 1.82) is 0 Å². The van der Waals surface area contributed by atoms with Crippen molar-refractivity contribution in [1.82, 2.24) is 0 Å². The Hall–Kier alpha value is -1.81. The molecule has 2 rings (SSSR count). The maximum absolute atomic E-state index is 13.7. The number of aromatic carboxylic acids is 1. The second-order valence-electron chi connectivity index (χ2n) is 4.65. The zero-order valence-electron chi connectivity index (χ0n) is 11.3. The highest BCUT2D eigenvalue weighted by atomic mass is 32.2. The minimum Gasteiger partial charge on any atom is -0.478 e. The fraction of sp³-hybridized carbons (Fsp3) is 0.188. The zero-order valence-corrected chi connectivity index (χ0v) is 12.1. The second-order valence-corrected chi connectivity index (χ2v) is 5.69. The molecule has 0 amide bonds. The molecule has 1 N–H and O–H groups in total. The molecule has 20 heavy (non-hydrogen) atoms. The fourth-order valence-corrected chi connectivity index (χ4v) is 2.75. The Morgan fingerprint density at radius 3 is 2.55 bits per heavy atom. The van der Waals surface area contributed by atoms with E-state index in [1.54, 1.807) is 0 Å². The van der Waals surface area contributed by atoms with E-state index in [-0.39, 0.29) is 11.4 Å². The van der Waals surface area contributed by atoms with Crippen LogP contribution < -0.4 is 0 Å². The van der Waals surface area contributed by atoms with Gasteiger partial charge in [-0.1, -0.05) is 6.07 Å². The first kappa shape index (κ1) is 14.6. The molecule has 0 fully saturated rings. The van der Waals surface area contributed by atoms with Crippen molar-refractivity contribution >= 4 is 17.7 Å². The minimum atomic E-state index is -1.04. The standard InChI is InChI=1S/C16H15FO2S/c1-10-3-5-14(7-11(10)2)20-9-13-8-12(16(18)19)4-6-15(13)17/h3-8H,9H2,1-2H3,(H,18,19). The smallest absolute Gasteiger partial charge is 0.335 e. The van der Waals surface area contributed by atoms with Crippen LogP contribution in [-0.4, -0.2) is 11.1 Å². The highest BCUT2D eigenvalue weighted by molar-refractivity contribution is 7.98. The summed E-state index contributed by atoms with van der Waals surface area (Å²) in [5.41, 5.74) is 2.93. The van der Waals surface area contributed by atoms with E-state index in [0.29, 0.717) is 11.3 Å². The Morgan fingerprint density at radius 1 is 1.15 bits per heavy atom. The monoisotopic (exact) mass is 290 g/mol. The van der Waals surface area contributed by atoms with Gasteiger partial charge in [-0.25, -0.2) is 9.18 Å². The zero-order chi connectivity index (χ0) is 14.7. The van der Waals surface area contributed by atoms with Crippen LogP contribution in [0.15, 0.2) is 41.3 Å². The number of hydrogen-bond donors (Lipinski definition) is 1. The average Bonchev–Trinajstić information content (AvgIpc) is 2.41. The van der Waals surface area contributed by atoms with Crippen LogP contribution in [0, 0.1) is 19.7 Å². The fourth-order valence-electron chi connectivity index (χ4n) is 1.78. The van der Waals surface area contributed by atoms with Crippen molar-refractivity contribution in [2.24, 2.45) is 0 Å². The van der Waals surface area contributed by atoms with Crippen LogP contribution in [0.25, 0.3) is 0 Å². The largest absolute Gasteiger partial charge is 0.478 e. The molecule has 104 valence electrons. The van der Waals surface area contributed by atoms with Crippen LogP contribution in [0.2, 0.25) is 0 Å². The highest BCUT2D eigenvalue weighted by Crippen LogP contribution is 2.26. The second kappa shape index (κ2) is 6.09. The third-order valence-corrected chi connectivity index (χ3v) is 4.21. The minimum absolute atomic E-state index is 0.113. The lowest BCUT2D eigenvalue weighted by Gasteiger charge is -2.07. The van der Waals surface area contributed by atoms with Crippen LogP contribution in [0.4, 0.5) is 4.39 Å². The predicted molar refractivity (Wildman–Crippen MR) is 78.8 cm³/mol. The molecule has 0 bridgehead atoms. The highest BCUT2D eigenvalue weighted by Gasteiger charge is 2.09. The molecule has 0 aliphatic carbocycles.